The summed E-state index contributed by atoms with van der Waals surface area (Å²) in [5.74, 6) is 1.85. The van der Waals surface area contributed by atoms with E-state index in [0.29, 0.717) is 36.5 Å². The summed E-state index contributed by atoms with van der Waals surface area (Å²) in [6, 6.07) is 9.52. The van der Waals surface area contributed by atoms with Crippen molar-refractivity contribution in [2.45, 2.75) is 109 Å². The van der Waals surface area contributed by atoms with Gasteiger partial charge in [-0.3, -0.25) is 0 Å². The lowest BCUT2D eigenvalue weighted by Crippen LogP contribution is -2.59. The summed E-state index contributed by atoms with van der Waals surface area (Å²) in [5, 5.41) is 32.4. The summed E-state index contributed by atoms with van der Waals surface area (Å²) in [5.41, 5.74) is -1.71. The van der Waals surface area contributed by atoms with Crippen LogP contribution in [-0.4, -0.2) is 33.2 Å². The van der Waals surface area contributed by atoms with Crippen molar-refractivity contribution in [3.05, 3.63) is 35.9 Å². The van der Waals surface area contributed by atoms with Crippen LogP contribution in [0.1, 0.15) is 96.6 Å². The molecule has 11 atom stereocenters. The van der Waals surface area contributed by atoms with Crippen molar-refractivity contribution in [2.75, 3.05) is 0 Å². The van der Waals surface area contributed by atoms with Crippen LogP contribution in [0.2, 0.25) is 0 Å². The largest absolute Gasteiger partial charge is 0.417 e. The van der Waals surface area contributed by atoms with Gasteiger partial charge in [0.05, 0.1) is 12.2 Å². The molecule has 0 bridgehead atoms. The Hall–Kier alpha value is -1.11. The van der Waals surface area contributed by atoms with E-state index in [-0.39, 0.29) is 35.5 Å². The van der Waals surface area contributed by atoms with Crippen molar-refractivity contribution >= 4 is 0 Å². The van der Waals surface area contributed by atoms with Crippen molar-refractivity contribution in [1.29, 1.82) is 0 Å². The summed E-state index contributed by atoms with van der Waals surface area (Å²) in [6.45, 7) is 6.76. The molecule has 0 aliphatic heterocycles. The van der Waals surface area contributed by atoms with Crippen molar-refractivity contribution in [3.63, 3.8) is 0 Å². The number of aliphatic hydroxyl groups is 3. The first-order chi connectivity index (χ1) is 17.3. The minimum absolute atomic E-state index is 0.0732. The van der Waals surface area contributed by atoms with E-state index in [9.17, 15) is 28.5 Å². The number of fused-ring (bicyclic) bond motifs is 5. The Balaban J connectivity index is 1.28. The Labute approximate surface area is 219 Å². The standard InChI is InChI=1S/C31H45F3O3/c1-19(26(35)17-27(36)20-7-5-4-6-8-20)23-11-12-24-22-10-9-21-18-30(37,31(32,33)34)16-15-28(21,2)25(22)13-14-29(23,24)3/h4-8,19,21-27,35-37H,9-18H2,1-3H3/t19-,21-,22-,23+,24-,25-,26-,27-,28-,29+,30-/m0/s1. The van der Waals surface area contributed by atoms with Crippen LogP contribution in [0.15, 0.2) is 30.3 Å². The lowest BCUT2D eigenvalue weighted by atomic mass is 9.43. The van der Waals surface area contributed by atoms with E-state index < -0.39 is 24.0 Å². The average molecular weight is 523 g/mol. The fourth-order valence-corrected chi connectivity index (χ4v) is 9.93. The smallest absolute Gasteiger partial charge is 0.393 e. The van der Waals surface area contributed by atoms with Crippen LogP contribution in [0.3, 0.4) is 0 Å². The van der Waals surface area contributed by atoms with E-state index in [0.717, 1.165) is 44.1 Å². The molecule has 1 aromatic carbocycles. The third-order valence-corrected chi connectivity index (χ3v) is 12.2. The van der Waals surface area contributed by atoms with E-state index in [4.69, 9.17) is 0 Å². The maximum atomic E-state index is 13.6. The molecule has 1 aromatic rings. The summed E-state index contributed by atoms with van der Waals surface area (Å²) in [4.78, 5) is 0. The van der Waals surface area contributed by atoms with Gasteiger partial charge in [0.15, 0.2) is 5.60 Å². The van der Waals surface area contributed by atoms with Gasteiger partial charge in [-0.1, -0.05) is 51.1 Å². The quantitative estimate of drug-likeness (QED) is 0.388. The van der Waals surface area contributed by atoms with Crippen molar-refractivity contribution in [3.8, 4) is 0 Å². The lowest BCUT2D eigenvalue weighted by Gasteiger charge is -2.62. The Morgan fingerprint density at radius 3 is 2.24 bits per heavy atom. The van der Waals surface area contributed by atoms with Crippen LogP contribution in [-0.2, 0) is 0 Å². The highest BCUT2D eigenvalue weighted by atomic mass is 19.4. The predicted octanol–water partition coefficient (Wildman–Crippen LogP) is 7.06. The molecule has 3 N–H and O–H groups in total. The zero-order valence-corrected chi connectivity index (χ0v) is 22.6. The van der Waals surface area contributed by atoms with Gasteiger partial charge in [0.2, 0.25) is 0 Å². The van der Waals surface area contributed by atoms with Crippen molar-refractivity contribution in [2.24, 2.45) is 46.3 Å². The number of hydrogen-bond acceptors (Lipinski definition) is 3. The van der Waals surface area contributed by atoms with Crippen LogP contribution in [0, 0.1) is 46.3 Å². The first-order valence-corrected chi connectivity index (χ1v) is 14.5. The minimum Gasteiger partial charge on any atom is -0.393 e. The van der Waals surface area contributed by atoms with Gasteiger partial charge in [-0.05, 0) is 110 Å². The molecular formula is C31H45F3O3. The zero-order valence-electron chi connectivity index (χ0n) is 22.6. The van der Waals surface area contributed by atoms with Crippen LogP contribution in [0.4, 0.5) is 13.2 Å². The molecule has 3 nitrogen and oxygen atoms in total. The molecule has 4 fully saturated rings. The van der Waals surface area contributed by atoms with E-state index in [2.05, 4.69) is 20.8 Å². The molecule has 37 heavy (non-hydrogen) atoms. The van der Waals surface area contributed by atoms with Crippen LogP contribution in [0.25, 0.3) is 0 Å². The van der Waals surface area contributed by atoms with Crippen LogP contribution in [0.5, 0.6) is 0 Å². The van der Waals surface area contributed by atoms with E-state index in [1.165, 1.54) is 0 Å². The number of aliphatic hydroxyl groups excluding tert-OH is 2. The molecule has 0 radical (unpaired) electrons. The van der Waals surface area contributed by atoms with Gasteiger partial charge in [-0.15, -0.1) is 0 Å². The fourth-order valence-electron chi connectivity index (χ4n) is 9.93. The Bertz CT molecular complexity index is 953. The first-order valence-electron chi connectivity index (χ1n) is 14.5. The van der Waals surface area contributed by atoms with Gasteiger partial charge in [0.25, 0.3) is 0 Å². The average Bonchev–Trinajstić information content (AvgIpc) is 3.21. The molecule has 5 rings (SSSR count). The first kappa shape index (κ1) is 27.5. The summed E-state index contributed by atoms with van der Waals surface area (Å²) in [6.07, 6.45) is 0.629. The summed E-state index contributed by atoms with van der Waals surface area (Å²) in [7, 11) is 0. The van der Waals surface area contributed by atoms with E-state index in [1.807, 2.05) is 30.3 Å². The number of halogens is 3. The highest BCUT2D eigenvalue weighted by Gasteiger charge is 2.65. The normalized spacial score (nSPS) is 44.3. The number of benzene rings is 1. The second kappa shape index (κ2) is 9.52. The van der Waals surface area contributed by atoms with Gasteiger partial charge < -0.3 is 15.3 Å². The Kier molecular flexibility index (Phi) is 7.06. The zero-order chi connectivity index (χ0) is 26.8. The fraction of sp³-hybridized carbons (Fsp3) is 0.806. The number of rotatable bonds is 5. The highest BCUT2D eigenvalue weighted by Crippen LogP contribution is 2.69. The van der Waals surface area contributed by atoms with Gasteiger partial charge >= 0.3 is 6.18 Å². The molecule has 0 heterocycles. The van der Waals surface area contributed by atoms with Crippen LogP contribution >= 0.6 is 0 Å². The lowest BCUT2D eigenvalue weighted by molar-refractivity contribution is -0.290. The molecule has 0 saturated heterocycles. The van der Waals surface area contributed by atoms with E-state index >= 15 is 0 Å². The molecule has 4 saturated carbocycles. The molecule has 0 aromatic heterocycles. The maximum Gasteiger partial charge on any atom is 0.417 e. The predicted molar refractivity (Wildman–Crippen MR) is 137 cm³/mol. The molecule has 6 heteroatoms. The van der Waals surface area contributed by atoms with Crippen molar-refractivity contribution < 1.29 is 28.5 Å². The molecule has 0 amide bonds. The van der Waals surface area contributed by atoms with E-state index in [1.54, 1.807) is 0 Å². The highest BCUT2D eigenvalue weighted by molar-refractivity contribution is 5.18. The van der Waals surface area contributed by atoms with Gasteiger partial charge in [-0.25, -0.2) is 0 Å². The third kappa shape index (κ3) is 4.47. The SMILES string of the molecule is C[C@@H]([C@H]1CC[C@H]2[C@@H]3CC[C@H]4C[C@](O)(C(F)(F)F)CC[C@]4(C)[C@H]3CC[C@]12C)[C@@H](O)C[C@H](O)c1ccccc1. The molecular weight excluding hydrogens is 477 g/mol. The van der Waals surface area contributed by atoms with Crippen molar-refractivity contribution in [1.82, 2.24) is 0 Å². The molecule has 4 aliphatic carbocycles. The summed E-state index contributed by atoms with van der Waals surface area (Å²) >= 11 is 0. The second-order valence-electron chi connectivity index (χ2n) is 13.7. The topological polar surface area (TPSA) is 60.7 Å². The van der Waals surface area contributed by atoms with Crippen LogP contribution < -0.4 is 0 Å². The number of alkyl halides is 3. The van der Waals surface area contributed by atoms with Gasteiger partial charge in [0.1, 0.15) is 0 Å². The number of hydrogen-bond donors (Lipinski definition) is 3. The third-order valence-electron chi connectivity index (χ3n) is 12.2. The second-order valence-corrected chi connectivity index (χ2v) is 13.7. The van der Waals surface area contributed by atoms with Gasteiger partial charge in [0, 0.05) is 6.42 Å². The molecule has 208 valence electrons. The maximum absolute atomic E-state index is 13.6. The monoisotopic (exact) mass is 522 g/mol. The molecule has 0 unspecified atom stereocenters. The molecule has 0 spiro atoms. The Morgan fingerprint density at radius 1 is 0.892 bits per heavy atom. The van der Waals surface area contributed by atoms with Gasteiger partial charge in [-0.2, -0.15) is 13.2 Å². The Morgan fingerprint density at radius 2 is 1.57 bits per heavy atom. The molecule has 4 aliphatic rings. The minimum atomic E-state index is -4.56. The summed E-state index contributed by atoms with van der Waals surface area (Å²) < 4.78 is 40.9.